The maximum atomic E-state index is 13.1. The summed E-state index contributed by atoms with van der Waals surface area (Å²) in [7, 11) is 1.52. The van der Waals surface area contributed by atoms with Crippen LogP contribution in [0, 0.1) is 11.3 Å². The molecule has 1 saturated carbocycles. The number of hydrogen-bond donors (Lipinski definition) is 1. The molecule has 2 aromatic heterocycles. The van der Waals surface area contributed by atoms with Crippen LogP contribution < -0.4 is 0 Å². The van der Waals surface area contributed by atoms with Crippen LogP contribution in [0.2, 0.25) is 0 Å². The van der Waals surface area contributed by atoms with Crippen molar-refractivity contribution in [3.63, 3.8) is 0 Å². The summed E-state index contributed by atoms with van der Waals surface area (Å²) in [5.41, 5.74) is -0.412. The number of halogens is 3. The average molecular weight is 423 g/mol. The van der Waals surface area contributed by atoms with E-state index < -0.39 is 11.9 Å². The molecular weight excluding hydrogens is 399 g/mol. The lowest BCUT2D eigenvalue weighted by atomic mass is 9.56. The number of urea groups is 1. The van der Waals surface area contributed by atoms with Gasteiger partial charge in [0.2, 0.25) is 0 Å². The van der Waals surface area contributed by atoms with Gasteiger partial charge in [0.15, 0.2) is 5.69 Å². The second kappa shape index (κ2) is 6.71. The molecule has 3 aliphatic rings. The van der Waals surface area contributed by atoms with Gasteiger partial charge >= 0.3 is 12.2 Å². The van der Waals surface area contributed by atoms with E-state index in [1.54, 1.807) is 0 Å². The summed E-state index contributed by atoms with van der Waals surface area (Å²) in [4.78, 5) is 20.7. The Morgan fingerprint density at radius 3 is 2.73 bits per heavy atom. The number of aromatic nitrogens is 5. The SMILES string of the molecule is Cn1cc(CC2CC3(C2)CN(C(=O)N2CC[C@H](c4ncn[nH]4)C2)C3)c(C(F)(F)F)n1. The zero-order valence-corrected chi connectivity index (χ0v) is 16.7. The molecule has 0 radical (unpaired) electrons. The Kier molecular flexibility index (Phi) is 4.33. The molecule has 30 heavy (non-hydrogen) atoms. The number of H-pyrrole nitrogens is 1. The number of rotatable bonds is 3. The van der Waals surface area contributed by atoms with Gasteiger partial charge in [-0.15, -0.1) is 0 Å². The van der Waals surface area contributed by atoms with Gasteiger partial charge in [0.05, 0.1) is 0 Å². The molecule has 0 aromatic carbocycles. The molecule has 2 aliphatic heterocycles. The molecule has 1 aliphatic carbocycles. The topological polar surface area (TPSA) is 82.9 Å². The van der Waals surface area contributed by atoms with Crippen molar-refractivity contribution in [1.29, 1.82) is 0 Å². The second-order valence-electron chi connectivity index (χ2n) is 9.09. The highest BCUT2D eigenvalue weighted by atomic mass is 19.4. The lowest BCUT2D eigenvalue weighted by Gasteiger charge is -2.59. The average Bonchev–Trinajstić information content (AvgIpc) is 3.34. The Morgan fingerprint density at radius 2 is 2.07 bits per heavy atom. The second-order valence-corrected chi connectivity index (χ2v) is 9.09. The third-order valence-electron chi connectivity index (χ3n) is 6.73. The molecule has 2 saturated heterocycles. The van der Waals surface area contributed by atoms with Crippen LogP contribution in [0.25, 0.3) is 0 Å². The number of hydrogen-bond acceptors (Lipinski definition) is 4. The summed E-state index contributed by atoms with van der Waals surface area (Å²) < 4.78 is 40.6. The van der Waals surface area contributed by atoms with E-state index in [-0.39, 0.29) is 28.8 Å². The molecule has 1 spiro atoms. The molecule has 4 heterocycles. The number of nitrogens with one attached hydrogen (secondary N) is 1. The van der Waals surface area contributed by atoms with Crippen LogP contribution in [0.5, 0.6) is 0 Å². The van der Waals surface area contributed by atoms with Crippen LogP contribution in [-0.4, -0.2) is 67.0 Å². The van der Waals surface area contributed by atoms with E-state index in [4.69, 9.17) is 0 Å². The first-order valence-electron chi connectivity index (χ1n) is 10.2. The standard InChI is InChI=1S/C19H24F3N7O/c1-27-7-14(15(26-27)19(20,21)22)4-12-5-18(6-12)9-29(10-18)17(30)28-3-2-13(8-28)16-23-11-24-25-16/h7,11-13H,2-6,8-10H2,1H3,(H,23,24,25)/t13-/m0/s1. The van der Waals surface area contributed by atoms with E-state index in [2.05, 4.69) is 20.3 Å². The Hall–Kier alpha value is -2.59. The zero-order valence-electron chi connectivity index (χ0n) is 16.7. The monoisotopic (exact) mass is 423 g/mol. The van der Waals surface area contributed by atoms with Crippen LogP contribution in [0.4, 0.5) is 18.0 Å². The summed E-state index contributed by atoms with van der Waals surface area (Å²) in [6.45, 7) is 2.74. The van der Waals surface area contributed by atoms with Gasteiger partial charge in [-0.2, -0.15) is 23.4 Å². The number of likely N-dealkylation sites (tertiary alicyclic amines) is 2. The molecule has 3 fully saturated rings. The van der Waals surface area contributed by atoms with Gasteiger partial charge in [-0.1, -0.05) is 0 Å². The fourth-order valence-corrected chi connectivity index (χ4v) is 5.47. The highest BCUT2D eigenvalue weighted by Gasteiger charge is 2.54. The summed E-state index contributed by atoms with van der Waals surface area (Å²) in [6, 6.07) is 0.0534. The smallest absolute Gasteiger partial charge is 0.324 e. The fraction of sp³-hybridized carbons (Fsp3) is 0.684. The molecule has 1 N–H and O–H groups in total. The number of carbonyl (C=O) groups excluding carboxylic acids is 1. The molecule has 1 atom stereocenters. The van der Waals surface area contributed by atoms with E-state index in [0.29, 0.717) is 32.6 Å². The van der Waals surface area contributed by atoms with Crippen molar-refractivity contribution in [1.82, 2.24) is 34.8 Å². The van der Waals surface area contributed by atoms with Gasteiger partial charge in [0, 0.05) is 56.3 Å². The van der Waals surface area contributed by atoms with Crippen LogP contribution in [0.3, 0.4) is 0 Å². The first-order valence-corrected chi connectivity index (χ1v) is 10.2. The van der Waals surface area contributed by atoms with Crippen molar-refractivity contribution in [2.45, 2.75) is 37.8 Å². The number of nitrogens with zero attached hydrogens (tertiary/aromatic N) is 6. The van der Waals surface area contributed by atoms with Crippen LogP contribution in [-0.2, 0) is 19.6 Å². The van der Waals surface area contributed by atoms with E-state index in [9.17, 15) is 18.0 Å². The number of amides is 2. The van der Waals surface area contributed by atoms with E-state index in [1.165, 1.54) is 24.3 Å². The number of aromatic amines is 1. The maximum absolute atomic E-state index is 13.1. The molecule has 0 unspecified atom stereocenters. The van der Waals surface area contributed by atoms with E-state index in [0.717, 1.165) is 25.1 Å². The van der Waals surface area contributed by atoms with Gasteiger partial charge in [-0.3, -0.25) is 9.78 Å². The number of aryl methyl sites for hydroxylation is 1. The molecule has 11 heteroatoms. The number of alkyl halides is 3. The van der Waals surface area contributed by atoms with Crippen molar-refractivity contribution < 1.29 is 18.0 Å². The van der Waals surface area contributed by atoms with Gasteiger partial charge in [0.25, 0.3) is 0 Å². The first-order chi connectivity index (χ1) is 14.2. The van der Waals surface area contributed by atoms with Gasteiger partial charge < -0.3 is 9.80 Å². The fourth-order valence-electron chi connectivity index (χ4n) is 5.47. The predicted octanol–water partition coefficient (Wildman–Crippen LogP) is 2.42. The summed E-state index contributed by atoms with van der Waals surface area (Å²) in [5.74, 6) is 1.23. The van der Waals surface area contributed by atoms with Gasteiger partial charge in [-0.25, -0.2) is 9.78 Å². The predicted molar refractivity (Wildman–Crippen MR) is 99.4 cm³/mol. The van der Waals surface area contributed by atoms with Crippen LogP contribution >= 0.6 is 0 Å². The minimum atomic E-state index is -4.42. The number of carbonyl (C=O) groups is 1. The molecule has 162 valence electrons. The summed E-state index contributed by atoms with van der Waals surface area (Å²) >= 11 is 0. The highest BCUT2D eigenvalue weighted by molar-refractivity contribution is 5.76. The molecule has 2 aromatic rings. The molecule has 5 rings (SSSR count). The van der Waals surface area contributed by atoms with Crippen molar-refractivity contribution in [3.8, 4) is 0 Å². The largest absolute Gasteiger partial charge is 0.435 e. The molecular formula is C19H24F3N7O. The van der Waals surface area contributed by atoms with Gasteiger partial charge in [0.1, 0.15) is 12.2 Å². The molecule has 8 nitrogen and oxygen atoms in total. The van der Waals surface area contributed by atoms with Gasteiger partial charge in [-0.05, 0) is 31.6 Å². The zero-order chi connectivity index (χ0) is 21.1. The maximum Gasteiger partial charge on any atom is 0.435 e. The minimum Gasteiger partial charge on any atom is -0.324 e. The first kappa shape index (κ1) is 19.4. The third-order valence-corrected chi connectivity index (χ3v) is 6.73. The van der Waals surface area contributed by atoms with Crippen LogP contribution in [0.1, 0.15) is 42.3 Å². The lowest BCUT2D eigenvalue weighted by Crippen LogP contribution is -2.65. The van der Waals surface area contributed by atoms with Crippen molar-refractivity contribution in [2.24, 2.45) is 18.4 Å². The Labute approximate surface area is 171 Å². The minimum absolute atomic E-state index is 0.0534. The summed E-state index contributed by atoms with van der Waals surface area (Å²) in [5, 5.41) is 10.3. The summed E-state index contributed by atoms with van der Waals surface area (Å²) in [6.07, 6.45) is 1.53. The molecule has 0 bridgehead atoms. The normalized spacial score (nSPS) is 23.7. The van der Waals surface area contributed by atoms with E-state index in [1.807, 2.05) is 9.80 Å². The van der Waals surface area contributed by atoms with E-state index >= 15 is 0 Å². The Morgan fingerprint density at radius 1 is 1.30 bits per heavy atom. The lowest BCUT2D eigenvalue weighted by molar-refractivity contribution is -0.142. The quantitative estimate of drug-likeness (QED) is 0.822. The van der Waals surface area contributed by atoms with Crippen molar-refractivity contribution in [2.75, 3.05) is 26.2 Å². The Balaban J connectivity index is 1.11. The van der Waals surface area contributed by atoms with Crippen LogP contribution in [0.15, 0.2) is 12.5 Å². The van der Waals surface area contributed by atoms with Crippen molar-refractivity contribution in [3.05, 3.63) is 29.6 Å². The highest BCUT2D eigenvalue weighted by Crippen LogP contribution is 2.53. The molecule has 2 amide bonds. The Bertz CT molecular complexity index is 925. The third kappa shape index (κ3) is 3.33. The van der Waals surface area contributed by atoms with Crippen molar-refractivity contribution >= 4 is 6.03 Å².